The number of rotatable bonds is 2. The van der Waals surface area contributed by atoms with Crippen molar-refractivity contribution in [3.05, 3.63) is 83.4 Å². The highest BCUT2D eigenvalue weighted by atomic mass is 32.2. The largest absolute Gasteiger partial charge is 0.416 e. The normalized spacial score (nSPS) is 14.5. The van der Waals surface area contributed by atoms with Gasteiger partial charge in [-0.05, 0) is 29.8 Å². The summed E-state index contributed by atoms with van der Waals surface area (Å²) in [7, 11) is -5.00. The monoisotopic (exact) mass is 485 g/mol. The number of hydrogen-bond donors (Lipinski definition) is 0. The molecule has 0 bridgehead atoms. The predicted octanol–water partition coefficient (Wildman–Crippen LogP) is 5.78. The summed E-state index contributed by atoms with van der Waals surface area (Å²) < 4.78 is 107. The Morgan fingerprint density at radius 1 is 0.697 bits per heavy atom. The van der Waals surface area contributed by atoms with Gasteiger partial charge in [0.1, 0.15) is 0 Å². The molecule has 0 aromatic heterocycles. The summed E-state index contributed by atoms with van der Waals surface area (Å²) in [6.07, 6.45) is -10.5. The fraction of sp³-hybridized carbons (Fsp3) is 0.136. The molecule has 1 heterocycles. The van der Waals surface area contributed by atoms with Gasteiger partial charge >= 0.3 is 12.4 Å². The number of carbonyl (C=O) groups is 1. The van der Waals surface area contributed by atoms with Crippen molar-refractivity contribution >= 4 is 21.5 Å². The molecule has 3 aromatic rings. The maximum absolute atomic E-state index is 13.4. The molecule has 3 aromatic carbocycles. The number of carbonyl (C=O) groups excluding carboxylic acids is 1. The Labute approximate surface area is 184 Å². The number of fused-ring (bicyclic) bond motifs is 3. The van der Waals surface area contributed by atoms with Crippen LogP contribution < -0.4 is 4.31 Å². The van der Waals surface area contributed by atoms with E-state index in [4.69, 9.17) is 0 Å². The molecule has 0 amide bonds. The maximum Gasteiger partial charge on any atom is 0.416 e. The topological polar surface area (TPSA) is 54.5 Å². The van der Waals surface area contributed by atoms with Crippen molar-refractivity contribution < 1.29 is 39.6 Å². The van der Waals surface area contributed by atoms with Crippen LogP contribution in [0.5, 0.6) is 0 Å². The van der Waals surface area contributed by atoms with Crippen molar-refractivity contribution in [1.29, 1.82) is 0 Å². The number of sulfonamides is 1. The summed E-state index contributed by atoms with van der Waals surface area (Å²) in [4.78, 5) is 11.6. The van der Waals surface area contributed by atoms with Gasteiger partial charge < -0.3 is 0 Å². The van der Waals surface area contributed by atoms with E-state index < -0.39 is 50.7 Å². The van der Waals surface area contributed by atoms with Gasteiger partial charge in [-0.15, -0.1) is 0 Å². The highest BCUT2D eigenvalue weighted by Gasteiger charge is 2.40. The van der Waals surface area contributed by atoms with Crippen molar-refractivity contribution in [2.24, 2.45) is 0 Å². The minimum atomic E-state index is -5.23. The van der Waals surface area contributed by atoms with E-state index in [-0.39, 0.29) is 29.4 Å². The second-order valence-electron chi connectivity index (χ2n) is 7.24. The van der Waals surface area contributed by atoms with E-state index in [1.807, 2.05) is 0 Å². The minimum absolute atomic E-state index is 0.0400. The standard InChI is InChI=1S/C22H13F6NO3S/c23-21(24,25)13-9-14(22(26,27)28)11-15(10-13)33(31,32)29-12-20(30)18-7-2-1-5-16(18)17-6-3-4-8-19(17)29/h1-11H,12H2. The van der Waals surface area contributed by atoms with E-state index >= 15 is 0 Å². The molecule has 4 rings (SSSR count). The molecule has 1 aliphatic rings. The van der Waals surface area contributed by atoms with Crippen LogP contribution in [-0.4, -0.2) is 20.7 Å². The third-order valence-corrected chi connectivity index (χ3v) is 6.86. The fourth-order valence-electron chi connectivity index (χ4n) is 3.60. The third kappa shape index (κ3) is 4.08. The first-order chi connectivity index (χ1) is 15.3. The Kier molecular flexibility index (Phi) is 5.27. The summed E-state index contributed by atoms with van der Waals surface area (Å²) in [6, 6.07) is 12.2. The number of ketones is 1. The summed E-state index contributed by atoms with van der Waals surface area (Å²) in [6.45, 7) is -0.798. The van der Waals surface area contributed by atoms with Crippen LogP contribution in [0.4, 0.5) is 32.0 Å². The van der Waals surface area contributed by atoms with Crippen LogP contribution in [-0.2, 0) is 22.4 Å². The lowest BCUT2D eigenvalue weighted by Gasteiger charge is -2.25. The average Bonchev–Trinajstić information content (AvgIpc) is 2.88. The molecule has 1 aliphatic heterocycles. The van der Waals surface area contributed by atoms with Gasteiger partial charge in [0.05, 0.1) is 28.3 Å². The minimum Gasteiger partial charge on any atom is -0.292 e. The van der Waals surface area contributed by atoms with Gasteiger partial charge in [-0.1, -0.05) is 42.5 Å². The Morgan fingerprint density at radius 2 is 1.18 bits per heavy atom. The van der Waals surface area contributed by atoms with Crippen LogP contribution in [0.25, 0.3) is 11.1 Å². The van der Waals surface area contributed by atoms with Crippen LogP contribution in [0.3, 0.4) is 0 Å². The van der Waals surface area contributed by atoms with E-state index in [0.29, 0.717) is 15.4 Å². The number of Topliss-reactive ketones (excluding diaryl/α,β-unsaturated/α-hetero) is 1. The molecule has 33 heavy (non-hydrogen) atoms. The number of alkyl halides is 6. The summed E-state index contributed by atoms with van der Waals surface area (Å²) >= 11 is 0. The zero-order valence-corrected chi connectivity index (χ0v) is 17.2. The second-order valence-corrected chi connectivity index (χ2v) is 9.10. The van der Waals surface area contributed by atoms with Gasteiger partial charge in [0.25, 0.3) is 10.0 Å². The first kappa shape index (κ1) is 22.8. The summed E-state index contributed by atoms with van der Waals surface area (Å²) in [5.41, 5.74) is -2.70. The third-order valence-electron chi connectivity index (χ3n) is 5.13. The van der Waals surface area contributed by atoms with Crippen LogP contribution in [0.1, 0.15) is 21.5 Å². The van der Waals surface area contributed by atoms with Gasteiger partial charge in [0, 0.05) is 11.1 Å². The fourth-order valence-corrected chi connectivity index (χ4v) is 5.11. The van der Waals surface area contributed by atoms with Crippen LogP contribution in [0.2, 0.25) is 0 Å². The number of benzene rings is 3. The maximum atomic E-state index is 13.4. The SMILES string of the molecule is O=C1CN(S(=O)(=O)c2cc(C(F)(F)F)cc(C(F)(F)F)c2)c2ccccc2-c2ccccc21. The van der Waals surface area contributed by atoms with E-state index in [1.54, 1.807) is 24.3 Å². The number of hydrogen-bond acceptors (Lipinski definition) is 3. The predicted molar refractivity (Wildman–Crippen MR) is 107 cm³/mol. The molecule has 0 saturated carbocycles. The van der Waals surface area contributed by atoms with Gasteiger partial charge in [0.2, 0.25) is 0 Å². The van der Waals surface area contributed by atoms with E-state index in [0.717, 1.165) is 0 Å². The lowest BCUT2D eigenvalue weighted by molar-refractivity contribution is -0.143. The van der Waals surface area contributed by atoms with E-state index in [1.165, 1.54) is 24.3 Å². The van der Waals surface area contributed by atoms with Gasteiger partial charge in [-0.2, -0.15) is 26.3 Å². The molecule has 172 valence electrons. The Hall–Kier alpha value is -3.34. The summed E-state index contributed by atoms with van der Waals surface area (Å²) in [5.74, 6) is -0.659. The smallest absolute Gasteiger partial charge is 0.292 e. The Morgan fingerprint density at radius 3 is 1.73 bits per heavy atom. The number of nitrogens with zero attached hydrogens (tertiary/aromatic N) is 1. The number of halogens is 6. The molecule has 4 nitrogen and oxygen atoms in total. The summed E-state index contributed by atoms with van der Waals surface area (Å²) in [5, 5.41) is 0. The molecule has 0 fully saturated rings. The Bertz CT molecular complexity index is 1330. The van der Waals surface area contributed by atoms with E-state index in [9.17, 15) is 39.6 Å². The Balaban J connectivity index is 1.96. The lowest BCUT2D eigenvalue weighted by atomic mass is 9.97. The first-order valence-electron chi connectivity index (χ1n) is 9.34. The zero-order chi connectivity index (χ0) is 24.2. The molecule has 0 saturated heterocycles. The van der Waals surface area contributed by atoms with E-state index in [2.05, 4.69) is 0 Å². The second kappa shape index (κ2) is 7.62. The molecule has 0 N–H and O–H groups in total. The molecule has 0 aliphatic carbocycles. The highest BCUT2D eigenvalue weighted by Crippen LogP contribution is 2.41. The number of para-hydroxylation sites is 1. The molecule has 0 radical (unpaired) electrons. The van der Waals surface area contributed by atoms with Crippen LogP contribution in [0.15, 0.2) is 71.6 Å². The van der Waals surface area contributed by atoms with Crippen LogP contribution in [0, 0.1) is 0 Å². The first-order valence-corrected chi connectivity index (χ1v) is 10.8. The van der Waals surface area contributed by atoms with Crippen molar-refractivity contribution in [2.45, 2.75) is 17.2 Å². The van der Waals surface area contributed by atoms with Crippen molar-refractivity contribution in [2.75, 3.05) is 10.8 Å². The van der Waals surface area contributed by atoms with Crippen molar-refractivity contribution in [1.82, 2.24) is 0 Å². The molecule has 0 spiro atoms. The number of anilines is 1. The van der Waals surface area contributed by atoms with Gasteiger partial charge in [0.15, 0.2) is 5.78 Å². The lowest BCUT2D eigenvalue weighted by Crippen LogP contribution is -2.35. The zero-order valence-electron chi connectivity index (χ0n) is 16.4. The van der Waals surface area contributed by atoms with Crippen molar-refractivity contribution in [3.63, 3.8) is 0 Å². The van der Waals surface area contributed by atoms with Crippen molar-refractivity contribution in [3.8, 4) is 11.1 Å². The average molecular weight is 485 g/mol. The highest BCUT2D eigenvalue weighted by molar-refractivity contribution is 7.92. The van der Waals surface area contributed by atoms with Gasteiger partial charge in [-0.25, -0.2) is 8.42 Å². The molecule has 0 unspecified atom stereocenters. The molecule has 0 atom stereocenters. The molecular weight excluding hydrogens is 472 g/mol. The quantitative estimate of drug-likeness (QED) is 0.433. The molecule has 11 heteroatoms. The molecular formula is C22H13F6NO3S. The van der Waals surface area contributed by atoms with Gasteiger partial charge in [-0.3, -0.25) is 9.10 Å². The van der Waals surface area contributed by atoms with Crippen LogP contribution >= 0.6 is 0 Å².